The molecule has 37 rings (SSSR count). The molecule has 13 aromatic carbocycles. The second kappa shape index (κ2) is 34.6. The molecule has 0 spiro atoms. The first-order chi connectivity index (χ1) is 71.2. The summed E-state index contributed by atoms with van der Waals surface area (Å²) < 4.78 is 0. The SMILES string of the molecule is C=CCC12CC3(c4ccccc4)CC(c4ccccc4)(C1)CC(c1ccccc1)(C2)C3.CC12CC3(C)CC(C)(C1)CC(c1ccc(-c4ccc(C56CC7(C)CC(C)(CC(C)(C7)C5)C6)cc4)cc1)(C2)C3.c1cc(C23CC4CC(CC(C4)C2)C3)ccc1-c1ccc(C23CC4CC(CC(C4)C2)C3)cc1.c1ccc(-c2ccc(-c3ccc(C4(c5ccc(-c6ccc(-c7ccccc7)cc6)cc5)C5CC6CC(C5)CC4C6)cc3)cc2)cc1. The van der Waals surface area contributed by atoms with Crippen molar-refractivity contribution < 1.29 is 0 Å². The smallest absolute Gasteiger partial charge is 0.0259 e. The standard InChI is InChI=1S/C46H40.C38H50.C32H38.C31H32/c1-3-7-34(8-4-1)36-11-15-38(16-12-36)40-19-23-42(24-20-40)46(44-28-32-27-33(30-44)31-45(46)29-32)43-25-21-41(22-26-43)39-17-13-37(14-18-39)35-9-5-2-6-10-35;1-31-15-32(2)17-33(3,16-31)23-37(21-31,22-32)29-11-7-27(8-12-29)28-9-13-30(14-10-28)38-24-34(4)18-35(5,25-38)20-36(6,19-34)26-38;1-5-29(31-15-21-9-22(16-31)11-23(10-21)17-31)6-2-27(1)28-3-7-30(8-4-28)32-18-24-12-25(19-32)14-26(13-24)20-32;1-2-18-28-19-29(25-12-6-3-7-13-25)22-30(20-28,26-14-8-4-9-15-26)24-31(21-28,23-29)27-16-10-5-11-17-27/h1-26,32-33,44-45H,27-31H2;7-14H,15-26H2,1-6H3;1-8,21-26H,9-20H2;2-17H,1,18-24H2. The van der Waals surface area contributed by atoms with Crippen LogP contribution in [0.3, 0.4) is 0 Å². The molecule has 0 atom stereocenters. The van der Waals surface area contributed by atoms with Gasteiger partial charge in [-0.3, -0.25) is 0 Å². The Balaban J connectivity index is 0.0000000958. The minimum absolute atomic E-state index is 0.110. The fourth-order valence-electron chi connectivity index (χ4n) is 44.7. The summed E-state index contributed by atoms with van der Waals surface area (Å²) in [7, 11) is 0. The number of hydrogen-bond acceptors (Lipinski definition) is 0. The monoisotopic (exact) mass is 1930 g/mol. The van der Waals surface area contributed by atoms with E-state index < -0.39 is 0 Å². The first-order valence-electron chi connectivity index (χ1n) is 58.9. The second-order valence-electron chi connectivity index (χ2n) is 57.5. The van der Waals surface area contributed by atoms with Crippen molar-refractivity contribution in [1.82, 2.24) is 0 Å². The van der Waals surface area contributed by atoms with Gasteiger partial charge in [-0.1, -0.05) is 393 Å². The Hall–Kier alpha value is -10.4. The van der Waals surface area contributed by atoms with E-state index in [1.807, 2.05) is 0 Å². The highest BCUT2D eigenvalue weighted by Crippen LogP contribution is 2.79. The van der Waals surface area contributed by atoms with Gasteiger partial charge in [0.2, 0.25) is 0 Å². The van der Waals surface area contributed by atoms with Gasteiger partial charge in [0.15, 0.2) is 0 Å². The molecule has 24 bridgehead atoms. The van der Waals surface area contributed by atoms with Crippen molar-refractivity contribution in [1.29, 1.82) is 0 Å². The molecule has 24 aliphatic rings. The van der Waals surface area contributed by atoms with Crippen LogP contribution in [0.25, 0.3) is 66.8 Å². The van der Waals surface area contributed by atoms with Gasteiger partial charge in [-0.2, -0.15) is 0 Å². The maximum absolute atomic E-state index is 4.22. The number of benzene rings is 13. The predicted octanol–water partition coefficient (Wildman–Crippen LogP) is 38.8. The zero-order chi connectivity index (χ0) is 98.9. The van der Waals surface area contributed by atoms with Crippen molar-refractivity contribution in [3.63, 3.8) is 0 Å². The van der Waals surface area contributed by atoms with Crippen molar-refractivity contribution in [2.75, 3.05) is 0 Å². The van der Waals surface area contributed by atoms with Crippen LogP contribution in [-0.4, -0.2) is 0 Å². The summed E-state index contributed by atoms with van der Waals surface area (Å²) in [5, 5.41) is 0. The van der Waals surface area contributed by atoms with Crippen LogP contribution in [-0.2, 0) is 43.3 Å². The Labute approximate surface area is 882 Å². The lowest BCUT2D eigenvalue weighted by Crippen LogP contribution is -2.65. The van der Waals surface area contributed by atoms with E-state index in [4.69, 9.17) is 0 Å². The molecule has 24 fully saturated rings. The van der Waals surface area contributed by atoms with Crippen LogP contribution in [0.5, 0.6) is 0 Å². The lowest BCUT2D eigenvalue weighted by molar-refractivity contribution is -0.152. The third-order valence-electron chi connectivity index (χ3n) is 45.2. The number of rotatable bonds is 17. The van der Waals surface area contributed by atoms with Crippen molar-refractivity contribution in [3.8, 4) is 66.8 Å². The predicted molar refractivity (Wildman–Crippen MR) is 613 cm³/mol. The topological polar surface area (TPSA) is 0 Å². The van der Waals surface area contributed by atoms with Crippen LogP contribution in [0.4, 0.5) is 0 Å². The Bertz CT molecular complexity index is 6350. The summed E-state index contributed by atoms with van der Waals surface area (Å²) in [6.07, 6.45) is 53.2. The van der Waals surface area contributed by atoms with Crippen molar-refractivity contribution in [3.05, 3.63) is 409 Å². The van der Waals surface area contributed by atoms with Crippen LogP contribution in [0.15, 0.2) is 358 Å². The minimum atomic E-state index is 0.110. The summed E-state index contributed by atoms with van der Waals surface area (Å²) in [5.41, 5.74) is 36.4. The molecule has 0 unspecified atom stereocenters. The highest BCUT2D eigenvalue weighted by molar-refractivity contribution is 5.74. The highest BCUT2D eigenvalue weighted by atomic mass is 14.7. The van der Waals surface area contributed by atoms with Gasteiger partial charge in [0.25, 0.3) is 0 Å². The number of hydrogen-bond donors (Lipinski definition) is 0. The van der Waals surface area contributed by atoms with E-state index in [0.717, 1.165) is 65.6 Å². The molecule has 147 heavy (non-hydrogen) atoms. The fourth-order valence-corrected chi connectivity index (χ4v) is 44.7. The van der Waals surface area contributed by atoms with Crippen LogP contribution in [0.1, 0.15) is 323 Å². The maximum atomic E-state index is 4.22. The average Bonchev–Trinajstić information content (AvgIpc) is 0.663. The van der Waals surface area contributed by atoms with Crippen LogP contribution >= 0.6 is 0 Å². The van der Waals surface area contributed by atoms with E-state index in [9.17, 15) is 0 Å². The summed E-state index contributed by atoms with van der Waals surface area (Å²) in [6, 6.07) is 133. The van der Waals surface area contributed by atoms with Gasteiger partial charge in [-0.05, 0) is 483 Å². The maximum Gasteiger partial charge on any atom is 0.0259 e. The van der Waals surface area contributed by atoms with Crippen LogP contribution in [0.2, 0.25) is 0 Å². The molecule has 24 aliphatic carbocycles. The normalized spacial score (nSPS) is 37.9. The van der Waals surface area contributed by atoms with E-state index >= 15 is 0 Å². The molecule has 24 saturated carbocycles. The Morgan fingerprint density at radius 2 is 0.354 bits per heavy atom. The van der Waals surface area contributed by atoms with Crippen molar-refractivity contribution >= 4 is 0 Å². The molecule has 0 N–H and O–H groups in total. The molecular formula is C147H160. The van der Waals surface area contributed by atoms with Gasteiger partial charge in [0.05, 0.1) is 0 Å². The summed E-state index contributed by atoms with van der Waals surface area (Å²) in [5.74, 6) is 9.48. The Morgan fingerprint density at radius 1 is 0.177 bits per heavy atom. The largest absolute Gasteiger partial charge is 0.103 e. The quantitative estimate of drug-likeness (QED) is 0.0797. The minimum Gasteiger partial charge on any atom is -0.103 e. The van der Waals surface area contributed by atoms with Gasteiger partial charge < -0.3 is 0 Å². The molecule has 13 aromatic rings. The van der Waals surface area contributed by atoms with Crippen molar-refractivity contribution in [2.24, 2.45) is 97.1 Å². The highest BCUT2D eigenvalue weighted by Gasteiger charge is 2.71. The molecule has 0 radical (unpaired) electrons. The molecule has 0 nitrogen and oxygen atoms in total. The number of allylic oxidation sites excluding steroid dienone is 1. The lowest BCUT2D eigenvalue weighted by atomic mass is 9.32. The van der Waals surface area contributed by atoms with Gasteiger partial charge in [-0.15, -0.1) is 6.58 Å². The molecule has 0 saturated heterocycles. The van der Waals surface area contributed by atoms with E-state index in [2.05, 4.69) is 400 Å². The zero-order valence-electron chi connectivity index (χ0n) is 89.4. The molecule has 0 amide bonds. The fraction of sp³-hybridized carbons (Fsp3) is 0.456. The third-order valence-corrected chi connectivity index (χ3v) is 45.2. The van der Waals surface area contributed by atoms with E-state index in [0.29, 0.717) is 59.6 Å². The van der Waals surface area contributed by atoms with Gasteiger partial charge in [0.1, 0.15) is 0 Å². The molecule has 0 heterocycles. The summed E-state index contributed by atoms with van der Waals surface area (Å²) >= 11 is 0. The lowest BCUT2D eigenvalue weighted by Gasteiger charge is -2.71. The second-order valence-corrected chi connectivity index (χ2v) is 57.5. The van der Waals surface area contributed by atoms with Crippen LogP contribution < -0.4 is 0 Å². The van der Waals surface area contributed by atoms with Crippen LogP contribution in [0, 0.1) is 97.1 Å². The molecule has 0 aromatic heterocycles. The Kier molecular flexibility index (Phi) is 22.1. The first kappa shape index (κ1) is 93.8. The summed E-state index contributed by atoms with van der Waals surface area (Å²) in [6.45, 7) is 19.9. The third kappa shape index (κ3) is 16.3. The molecule has 748 valence electrons. The molecule has 0 aliphatic heterocycles. The zero-order valence-corrected chi connectivity index (χ0v) is 89.4. The van der Waals surface area contributed by atoms with E-state index in [-0.39, 0.29) is 21.7 Å². The van der Waals surface area contributed by atoms with Gasteiger partial charge in [0, 0.05) is 5.41 Å². The first-order valence-corrected chi connectivity index (χ1v) is 58.9. The van der Waals surface area contributed by atoms with Gasteiger partial charge in [-0.25, -0.2) is 0 Å². The molecule has 0 heteroatoms. The van der Waals surface area contributed by atoms with Crippen molar-refractivity contribution in [2.45, 2.75) is 316 Å². The average molecular weight is 1930 g/mol. The van der Waals surface area contributed by atoms with E-state index in [1.54, 1.807) is 38.9 Å². The molecular weight excluding hydrogens is 1770 g/mol. The van der Waals surface area contributed by atoms with Gasteiger partial charge >= 0.3 is 0 Å². The Morgan fingerprint density at radius 3 is 0.578 bits per heavy atom. The van der Waals surface area contributed by atoms with E-state index in [1.165, 1.54) is 303 Å². The summed E-state index contributed by atoms with van der Waals surface area (Å²) in [4.78, 5) is 0.